The zero-order chi connectivity index (χ0) is 32.4. The second-order valence-corrected chi connectivity index (χ2v) is 13.4. The number of aliphatic carboxylic acids is 1. The first-order valence-corrected chi connectivity index (χ1v) is 14.7. The van der Waals surface area contributed by atoms with Crippen LogP contribution in [0.25, 0.3) is 6.08 Å². The van der Waals surface area contributed by atoms with Gasteiger partial charge in [-0.2, -0.15) is 0 Å². The van der Waals surface area contributed by atoms with Crippen molar-refractivity contribution in [3.05, 3.63) is 41.0 Å². The van der Waals surface area contributed by atoms with Gasteiger partial charge in [-0.25, -0.2) is 14.4 Å². The topological polar surface area (TPSA) is 164 Å². The highest BCUT2D eigenvalue weighted by Crippen LogP contribution is 2.30. The van der Waals surface area contributed by atoms with Gasteiger partial charge in [-0.05, 0) is 42.9 Å². The van der Waals surface area contributed by atoms with Gasteiger partial charge in [-0.15, -0.1) is 0 Å². The molecule has 13 heteroatoms. The zero-order valence-electron chi connectivity index (χ0n) is 26.0. The third kappa shape index (κ3) is 7.87. The van der Waals surface area contributed by atoms with Gasteiger partial charge in [0.1, 0.15) is 29.8 Å². The number of carboxylic acid groups (broad SMARTS) is 1. The molecule has 3 heterocycles. The molecule has 4 atom stereocenters. The van der Waals surface area contributed by atoms with Gasteiger partial charge < -0.3 is 34.9 Å². The fraction of sp³-hybridized carbons (Fsp3) is 0.581. The fourth-order valence-corrected chi connectivity index (χ4v) is 5.43. The summed E-state index contributed by atoms with van der Waals surface area (Å²) in [5.74, 6) is -2.60. The van der Waals surface area contributed by atoms with Crippen LogP contribution in [0.5, 0.6) is 0 Å². The summed E-state index contributed by atoms with van der Waals surface area (Å²) in [7, 11) is 0. The first-order chi connectivity index (χ1) is 20.5. The Bertz CT molecular complexity index is 1330. The van der Waals surface area contributed by atoms with Crippen molar-refractivity contribution < 1.29 is 43.3 Å². The van der Waals surface area contributed by atoms with E-state index in [1.54, 1.807) is 47.6 Å². The Kier molecular flexibility index (Phi) is 9.57. The Labute approximate surface area is 256 Å². The van der Waals surface area contributed by atoms with Crippen LogP contribution in [0.4, 0.5) is 9.59 Å². The summed E-state index contributed by atoms with van der Waals surface area (Å²) in [6, 6.07) is 2.06. The number of ether oxygens (including phenoxy) is 3. The van der Waals surface area contributed by atoms with Crippen molar-refractivity contribution in [2.24, 2.45) is 5.41 Å². The summed E-state index contributed by atoms with van der Waals surface area (Å²) >= 11 is 0. The molecule has 3 N–H and O–H groups in total. The molecule has 4 rings (SSSR count). The van der Waals surface area contributed by atoms with E-state index in [9.17, 15) is 29.1 Å². The molecule has 0 spiro atoms. The summed E-state index contributed by atoms with van der Waals surface area (Å²) in [5, 5.41) is 15.2. The van der Waals surface area contributed by atoms with E-state index in [1.807, 2.05) is 24.3 Å². The zero-order valence-corrected chi connectivity index (χ0v) is 26.0. The molecule has 44 heavy (non-hydrogen) atoms. The second kappa shape index (κ2) is 12.8. The number of carbonyl (C=O) groups excluding carboxylic acids is 4. The Balaban J connectivity index is 1.67. The molecular weight excluding hydrogens is 572 g/mol. The quantitative estimate of drug-likeness (QED) is 0.454. The lowest BCUT2D eigenvalue weighted by Gasteiger charge is -2.35. The van der Waals surface area contributed by atoms with E-state index in [0.29, 0.717) is 13.1 Å². The van der Waals surface area contributed by atoms with Crippen LogP contribution in [0.2, 0.25) is 0 Å². The number of hydrogen-bond acceptors (Lipinski definition) is 8. The monoisotopic (exact) mass is 614 g/mol. The Hall–Kier alpha value is -4.13. The van der Waals surface area contributed by atoms with E-state index >= 15 is 0 Å². The predicted octanol–water partition coefficient (Wildman–Crippen LogP) is 2.66. The first-order valence-electron chi connectivity index (χ1n) is 14.7. The average molecular weight is 615 g/mol. The van der Waals surface area contributed by atoms with Crippen molar-refractivity contribution in [3.63, 3.8) is 0 Å². The largest absolute Gasteiger partial charge is 0.480 e. The molecule has 4 bridgehead atoms. The Morgan fingerprint density at radius 1 is 1.09 bits per heavy atom. The van der Waals surface area contributed by atoms with Crippen LogP contribution in [0, 0.1) is 5.41 Å². The molecule has 0 aliphatic carbocycles. The minimum absolute atomic E-state index is 0.0942. The van der Waals surface area contributed by atoms with Crippen LogP contribution in [-0.4, -0.2) is 94.5 Å². The summed E-state index contributed by atoms with van der Waals surface area (Å²) in [6.45, 7) is 10.6. The van der Waals surface area contributed by atoms with E-state index in [0.717, 1.165) is 21.6 Å². The lowest BCUT2D eigenvalue weighted by molar-refractivity contribution is -0.151. The molecular formula is C31H42N4O9. The highest BCUT2D eigenvalue weighted by atomic mass is 16.6. The molecule has 13 nitrogen and oxygen atoms in total. The third-order valence-electron chi connectivity index (χ3n) is 7.58. The van der Waals surface area contributed by atoms with Crippen LogP contribution in [0.15, 0.2) is 24.3 Å². The molecule has 0 unspecified atom stereocenters. The number of nitrogens with zero attached hydrogens (tertiary/aromatic N) is 2. The highest BCUT2D eigenvalue weighted by Gasteiger charge is 2.47. The third-order valence-corrected chi connectivity index (χ3v) is 7.58. The Morgan fingerprint density at radius 3 is 2.48 bits per heavy atom. The van der Waals surface area contributed by atoms with Crippen LogP contribution in [-0.2, 0) is 41.7 Å². The number of nitrogens with one attached hydrogen (secondary N) is 2. The highest BCUT2D eigenvalue weighted by molar-refractivity contribution is 5.94. The minimum Gasteiger partial charge on any atom is -0.480 e. The van der Waals surface area contributed by atoms with Gasteiger partial charge in [-0.3, -0.25) is 14.5 Å². The molecule has 1 fully saturated rings. The van der Waals surface area contributed by atoms with Crippen molar-refractivity contribution in [1.29, 1.82) is 0 Å². The number of rotatable bonds is 2. The lowest BCUT2D eigenvalue weighted by atomic mass is 9.85. The molecule has 0 aromatic heterocycles. The summed E-state index contributed by atoms with van der Waals surface area (Å²) in [4.78, 5) is 68.2. The van der Waals surface area contributed by atoms with Gasteiger partial charge in [0.25, 0.3) is 0 Å². The van der Waals surface area contributed by atoms with E-state index in [2.05, 4.69) is 10.6 Å². The lowest BCUT2D eigenvalue weighted by Crippen LogP contribution is -2.60. The minimum atomic E-state index is -1.26. The maximum absolute atomic E-state index is 13.9. The van der Waals surface area contributed by atoms with Crippen molar-refractivity contribution in [2.45, 2.75) is 90.9 Å². The first kappa shape index (κ1) is 32.8. The van der Waals surface area contributed by atoms with Gasteiger partial charge in [0, 0.05) is 13.0 Å². The maximum atomic E-state index is 13.9. The molecule has 1 saturated heterocycles. The average Bonchev–Trinajstić information content (AvgIpc) is 3.53. The number of benzene rings is 1. The molecule has 0 saturated carbocycles. The SMILES string of the molecule is CC(C)(C)OC(=O)N[C@H]1COC/C=C\c2cccc3c2CN(C3)C(=O)O[C@@H]2C[C@@H](C(=O)O)N(C2)C(=O)[C@H](C(C)(C)C)NC1=O. The van der Waals surface area contributed by atoms with Crippen molar-refractivity contribution in [3.8, 4) is 0 Å². The van der Waals surface area contributed by atoms with Gasteiger partial charge in [0.15, 0.2) is 0 Å². The smallest absolute Gasteiger partial charge is 0.410 e. The van der Waals surface area contributed by atoms with Crippen LogP contribution in [0.1, 0.15) is 64.7 Å². The number of hydrogen-bond donors (Lipinski definition) is 3. The molecule has 1 aromatic rings. The summed E-state index contributed by atoms with van der Waals surface area (Å²) in [5.41, 5.74) is 1.10. The Morgan fingerprint density at radius 2 is 1.82 bits per heavy atom. The van der Waals surface area contributed by atoms with E-state index < -0.39 is 65.2 Å². The van der Waals surface area contributed by atoms with E-state index in [4.69, 9.17) is 14.2 Å². The predicted molar refractivity (Wildman–Crippen MR) is 158 cm³/mol. The van der Waals surface area contributed by atoms with E-state index in [1.165, 1.54) is 4.90 Å². The standard InChI is InChI=1S/C31H42N4O9/c1-30(2,3)24-26(37)35-15-20(13-23(35)27(38)39)43-29(41)34-14-19-10-7-9-18(21(19)16-34)11-8-12-42-17-22(25(36)33-24)32-28(40)44-31(4,5)6/h7-11,20,22-24H,12-17H2,1-6H3,(H,32,40)(H,33,36)(H,38,39)/b11-8-/t20-,22+,23+,24-/m1/s1. The second-order valence-electron chi connectivity index (χ2n) is 13.4. The summed E-state index contributed by atoms with van der Waals surface area (Å²) in [6.07, 6.45) is 1.24. The number of carbonyl (C=O) groups is 5. The van der Waals surface area contributed by atoms with Crippen molar-refractivity contribution >= 4 is 36.0 Å². The fourth-order valence-electron chi connectivity index (χ4n) is 5.43. The van der Waals surface area contributed by atoms with Crippen molar-refractivity contribution in [2.75, 3.05) is 19.8 Å². The normalized spacial score (nSPS) is 25.7. The molecule has 3 aliphatic heterocycles. The maximum Gasteiger partial charge on any atom is 0.410 e. The van der Waals surface area contributed by atoms with Gasteiger partial charge in [-0.1, -0.05) is 51.1 Å². The number of carboxylic acids is 1. The van der Waals surface area contributed by atoms with Gasteiger partial charge in [0.05, 0.1) is 26.3 Å². The number of amides is 4. The molecule has 4 amide bonds. The van der Waals surface area contributed by atoms with Crippen LogP contribution >= 0.6 is 0 Å². The summed E-state index contributed by atoms with van der Waals surface area (Å²) < 4.78 is 16.8. The molecule has 240 valence electrons. The van der Waals surface area contributed by atoms with Gasteiger partial charge in [0.2, 0.25) is 11.8 Å². The molecule has 1 aromatic carbocycles. The molecule has 0 radical (unpaired) electrons. The van der Waals surface area contributed by atoms with E-state index in [-0.39, 0.29) is 26.2 Å². The number of alkyl carbamates (subject to hydrolysis) is 1. The van der Waals surface area contributed by atoms with Crippen LogP contribution in [0.3, 0.4) is 0 Å². The van der Waals surface area contributed by atoms with Crippen LogP contribution < -0.4 is 10.6 Å². The number of fused-ring (bicyclic) bond motifs is 3. The van der Waals surface area contributed by atoms with Crippen molar-refractivity contribution in [1.82, 2.24) is 20.4 Å². The van der Waals surface area contributed by atoms with Gasteiger partial charge >= 0.3 is 18.2 Å². The molecule has 3 aliphatic rings.